The molecular formula is C15H25N5. The second-order valence-electron chi connectivity index (χ2n) is 5.54. The van der Waals surface area contributed by atoms with Crippen LogP contribution in [-0.4, -0.2) is 33.2 Å². The first-order chi connectivity index (χ1) is 9.52. The summed E-state index contributed by atoms with van der Waals surface area (Å²) in [5, 5.41) is 12.4. The van der Waals surface area contributed by atoms with Crippen LogP contribution in [0.3, 0.4) is 0 Å². The van der Waals surface area contributed by atoms with Gasteiger partial charge in [0.2, 0.25) is 0 Å². The van der Waals surface area contributed by atoms with Crippen LogP contribution in [0.25, 0.3) is 0 Å². The second kappa shape index (κ2) is 6.22. The number of rotatable bonds is 6. The average Bonchev–Trinajstić information content (AvgIpc) is 2.95. The van der Waals surface area contributed by atoms with E-state index in [-0.39, 0.29) is 0 Å². The molecule has 2 heterocycles. The van der Waals surface area contributed by atoms with E-state index < -0.39 is 0 Å². The Hall–Kier alpha value is -1.62. The molecule has 5 heteroatoms. The van der Waals surface area contributed by atoms with Crippen molar-refractivity contribution < 1.29 is 0 Å². The van der Waals surface area contributed by atoms with E-state index in [0.717, 1.165) is 30.9 Å². The van der Waals surface area contributed by atoms with E-state index in [2.05, 4.69) is 54.0 Å². The van der Waals surface area contributed by atoms with Crippen LogP contribution >= 0.6 is 0 Å². The summed E-state index contributed by atoms with van der Waals surface area (Å²) in [6.45, 7) is 10.2. The maximum absolute atomic E-state index is 4.65. The molecule has 2 aromatic heterocycles. The van der Waals surface area contributed by atoms with Crippen LogP contribution in [0.2, 0.25) is 0 Å². The van der Waals surface area contributed by atoms with Gasteiger partial charge in [0.1, 0.15) is 0 Å². The third kappa shape index (κ3) is 3.10. The molecule has 0 fully saturated rings. The Morgan fingerprint density at radius 3 is 2.60 bits per heavy atom. The molecule has 0 aromatic carbocycles. The van der Waals surface area contributed by atoms with Gasteiger partial charge in [0, 0.05) is 17.9 Å². The Bertz CT molecular complexity index is 565. The molecule has 0 aliphatic heterocycles. The first-order valence-electron chi connectivity index (χ1n) is 7.24. The van der Waals surface area contributed by atoms with Crippen molar-refractivity contribution in [3.05, 3.63) is 34.9 Å². The highest BCUT2D eigenvalue weighted by molar-refractivity contribution is 5.25. The molecule has 5 nitrogen and oxygen atoms in total. The maximum Gasteiger partial charge on any atom is 0.0853 e. The minimum Gasteiger partial charge on any atom is -0.319 e. The lowest BCUT2D eigenvalue weighted by atomic mass is 10.1. The highest BCUT2D eigenvalue weighted by Gasteiger charge is 2.12. The molecule has 0 saturated carbocycles. The molecule has 0 radical (unpaired) electrons. The SMILES string of the molecule is CNCCc1c(C)nn(Cc2ccn(C(C)C)n2)c1C. The number of aryl methyl sites for hydroxylation is 1. The third-order valence-electron chi connectivity index (χ3n) is 3.66. The van der Waals surface area contributed by atoms with Crippen molar-refractivity contribution in [2.75, 3.05) is 13.6 Å². The number of nitrogens with zero attached hydrogens (tertiary/aromatic N) is 4. The molecule has 0 spiro atoms. The van der Waals surface area contributed by atoms with Crippen molar-refractivity contribution in [3.8, 4) is 0 Å². The van der Waals surface area contributed by atoms with E-state index >= 15 is 0 Å². The monoisotopic (exact) mass is 275 g/mol. The van der Waals surface area contributed by atoms with Crippen molar-refractivity contribution >= 4 is 0 Å². The molecule has 20 heavy (non-hydrogen) atoms. The van der Waals surface area contributed by atoms with Crippen LogP contribution in [0.15, 0.2) is 12.3 Å². The summed E-state index contributed by atoms with van der Waals surface area (Å²) in [7, 11) is 1.98. The van der Waals surface area contributed by atoms with Gasteiger partial charge in [-0.2, -0.15) is 10.2 Å². The molecule has 1 N–H and O–H groups in total. The number of aromatic nitrogens is 4. The Balaban J connectivity index is 2.16. The van der Waals surface area contributed by atoms with Crippen molar-refractivity contribution in [2.45, 2.75) is 46.7 Å². The van der Waals surface area contributed by atoms with Gasteiger partial charge in [0.15, 0.2) is 0 Å². The van der Waals surface area contributed by atoms with Gasteiger partial charge in [-0.05, 0) is 59.3 Å². The summed E-state index contributed by atoms with van der Waals surface area (Å²) in [5.74, 6) is 0. The van der Waals surface area contributed by atoms with Crippen LogP contribution in [0.1, 0.15) is 42.5 Å². The number of likely N-dealkylation sites (N-methyl/N-ethyl adjacent to an activating group) is 1. The molecule has 0 saturated heterocycles. The van der Waals surface area contributed by atoms with E-state index in [1.807, 2.05) is 17.9 Å². The van der Waals surface area contributed by atoms with E-state index in [1.165, 1.54) is 11.3 Å². The van der Waals surface area contributed by atoms with Crippen molar-refractivity contribution in [3.63, 3.8) is 0 Å². The zero-order chi connectivity index (χ0) is 14.7. The summed E-state index contributed by atoms with van der Waals surface area (Å²) in [4.78, 5) is 0. The molecule has 110 valence electrons. The fourth-order valence-corrected chi connectivity index (χ4v) is 2.40. The van der Waals surface area contributed by atoms with Crippen LogP contribution in [-0.2, 0) is 13.0 Å². The molecule has 0 aliphatic rings. The minimum absolute atomic E-state index is 0.399. The van der Waals surface area contributed by atoms with Crippen LogP contribution < -0.4 is 5.32 Å². The summed E-state index contributed by atoms with van der Waals surface area (Å²) in [6.07, 6.45) is 3.06. The molecule has 0 atom stereocenters. The minimum atomic E-state index is 0.399. The van der Waals surface area contributed by atoms with Gasteiger partial charge < -0.3 is 5.32 Å². The van der Waals surface area contributed by atoms with Crippen molar-refractivity contribution in [1.29, 1.82) is 0 Å². The third-order valence-corrected chi connectivity index (χ3v) is 3.66. The van der Waals surface area contributed by atoms with Gasteiger partial charge in [-0.15, -0.1) is 0 Å². The van der Waals surface area contributed by atoms with E-state index in [4.69, 9.17) is 0 Å². The standard InChI is InChI=1S/C15H25N5/c1-11(2)19-9-7-14(18-19)10-20-13(4)15(6-8-16-5)12(3)17-20/h7,9,11,16H,6,8,10H2,1-5H3. The summed E-state index contributed by atoms with van der Waals surface area (Å²) >= 11 is 0. The van der Waals surface area contributed by atoms with Gasteiger partial charge in [0.25, 0.3) is 0 Å². The lowest BCUT2D eigenvalue weighted by Gasteiger charge is -2.05. The lowest BCUT2D eigenvalue weighted by Crippen LogP contribution is -2.11. The fraction of sp³-hybridized carbons (Fsp3) is 0.600. The highest BCUT2D eigenvalue weighted by Crippen LogP contribution is 2.15. The van der Waals surface area contributed by atoms with Crippen molar-refractivity contribution in [2.24, 2.45) is 0 Å². The van der Waals surface area contributed by atoms with Gasteiger partial charge in [-0.3, -0.25) is 9.36 Å². The molecule has 2 rings (SSSR count). The normalized spacial score (nSPS) is 11.5. The zero-order valence-corrected chi connectivity index (χ0v) is 13.1. The zero-order valence-electron chi connectivity index (χ0n) is 13.1. The molecule has 0 unspecified atom stereocenters. The first kappa shape index (κ1) is 14.8. The predicted octanol–water partition coefficient (Wildman–Crippen LogP) is 2.09. The molecular weight excluding hydrogens is 250 g/mol. The Kier molecular flexibility index (Phi) is 4.60. The van der Waals surface area contributed by atoms with Crippen LogP contribution in [0.5, 0.6) is 0 Å². The maximum atomic E-state index is 4.65. The van der Waals surface area contributed by atoms with Crippen LogP contribution in [0, 0.1) is 13.8 Å². The predicted molar refractivity (Wildman–Crippen MR) is 81.0 cm³/mol. The molecule has 0 amide bonds. The Morgan fingerprint density at radius 1 is 1.25 bits per heavy atom. The average molecular weight is 275 g/mol. The number of nitrogens with one attached hydrogen (secondary N) is 1. The number of hydrogen-bond donors (Lipinski definition) is 1. The Morgan fingerprint density at radius 2 is 2.00 bits per heavy atom. The smallest absolute Gasteiger partial charge is 0.0853 e. The van der Waals surface area contributed by atoms with E-state index in [0.29, 0.717) is 6.04 Å². The highest BCUT2D eigenvalue weighted by atomic mass is 15.3. The van der Waals surface area contributed by atoms with Gasteiger partial charge in [-0.25, -0.2) is 0 Å². The molecule has 0 bridgehead atoms. The van der Waals surface area contributed by atoms with Crippen LogP contribution in [0.4, 0.5) is 0 Å². The first-order valence-corrected chi connectivity index (χ1v) is 7.24. The van der Waals surface area contributed by atoms with E-state index in [9.17, 15) is 0 Å². The molecule has 2 aromatic rings. The largest absolute Gasteiger partial charge is 0.319 e. The summed E-state index contributed by atoms with van der Waals surface area (Å²) < 4.78 is 4.05. The van der Waals surface area contributed by atoms with Gasteiger partial charge in [0.05, 0.1) is 17.9 Å². The number of hydrogen-bond acceptors (Lipinski definition) is 3. The summed E-state index contributed by atoms with van der Waals surface area (Å²) in [5.41, 5.74) is 4.78. The Labute approximate surface area is 121 Å². The lowest BCUT2D eigenvalue weighted by molar-refractivity contribution is 0.519. The van der Waals surface area contributed by atoms with Gasteiger partial charge >= 0.3 is 0 Å². The quantitative estimate of drug-likeness (QED) is 0.878. The summed E-state index contributed by atoms with van der Waals surface area (Å²) in [6, 6.07) is 2.47. The topological polar surface area (TPSA) is 47.7 Å². The van der Waals surface area contributed by atoms with E-state index in [1.54, 1.807) is 0 Å². The fourth-order valence-electron chi connectivity index (χ4n) is 2.40. The molecule has 0 aliphatic carbocycles. The van der Waals surface area contributed by atoms with Gasteiger partial charge in [-0.1, -0.05) is 0 Å². The van der Waals surface area contributed by atoms with Crippen molar-refractivity contribution in [1.82, 2.24) is 24.9 Å². The second-order valence-corrected chi connectivity index (χ2v) is 5.54.